The van der Waals surface area contributed by atoms with Gasteiger partial charge in [0, 0.05) is 16.3 Å². The lowest BCUT2D eigenvalue weighted by atomic mass is 9.87. The Morgan fingerprint density at radius 1 is 1.00 bits per heavy atom. The molecular weight excluding hydrogens is 362 g/mol. The summed E-state index contributed by atoms with van der Waals surface area (Å²) in [4.78, 5) is 2.81. The van der Waals surface area contributed by atoms with E-state index < -0.39 is 10.0 Å². The number of aryl methyl sites for hydroxylation is 1. The Kier molecular flexibility index (Phi) is 5.61. The number of rotatable bonds is 3. The van der Waals surface area contributed by atoms with E-state index in [1.807, 2.05) is 12.1 Å². The molecule has 1 fully saturated rings. The topological polar surface area (TPSA) is 37.4 Å². The normalized spacial score (nSPS) is 20.1. The van der Waals surface area contributed by atoms with E-state index >= 15 is 0 Å². The molecule has 3 rings (SSSR count). The van der Waals surface area contributed by atoms with E-state index in [4.69, 9.17) is 0 Å². The molecule has 0 bridgehead atoms. The SMILES string of the molecule is Cc1ccc([C@@H]2CCCCCN2S(=O)(=O)c2ccc(C(C)(C)C)cc2)s1. The quantitative estimate of drug-likeness (QED) is 0.677. The van der Waals surface area contributed by atoms with Crippen LogP contribution in [-0.4, -0.2) is 19.3 Å². The molecule has 142 valence electrons. The molecule has 0 aliphatic carbocycles. The van der Waals surface area contributed by atoms with Gasteiger partial charge in [0.15, 0.2) is 0 Å². The molecule has 1 aliphatic heterocycles. The van der Waals surface area contributed by atoms with Crippen LogP contribution in [0.2, 0.25) is 0 Å². The first kappa shape index (κ1) is 19.6. The number of hydrogen-bond donors (Lipinski definition) is 0. The van der Waals surface area contributed by atoms with Gasteiger partial charge in [0.25, 0.3) is 0 Å². The maximum atomic E-state index is 13.4. The van der Waals surface area contributed by atoms with Crippen molar-refractivity contribution in [1.29, 1.82) is 0 Å². The monoisotopic (exact) mass is 391 g/mol. The molecule has 26 heavy (non-hydrogen) atoms. The van der Waals surface area contributed by atoms with E-state index in [-0.39, 0.29) is 11.5 Å². The maximum Gasteiger partial charge on any atom is 0.243 e. The summed E-state index contributed by atoms with van der Waals surface area (Å²) in [6.07, 6.45) is 4.01. The largest absolute Gasteiger partial charge is 0.243 e. The van der Waals surface area contributed by atoms with Gasteiger partial charge in [0.05, 0.1) is 10.9 Å². The standard InChI is InChI=1S/C21H29NO2S2/c1-16-9-14-20(25-16)19-8-6-5-7-15-22(19)26(23,24)18-12-10-17(11-13-18)21(2,3)4/h9-14,19H,5-8,15H2,1-4H3/t19-/m0/s1. The predicted molar refractivity (Wildman–Crippen MR) is 109 cm³/mol. The Morgan fingerprint density at radius 2 is 1.69 bits per heavy atom. The third-order valence-corrected chi connectivity index (χ3v) is 8.14. The highest BCUT2D eigenvalue weighted by atomic mass is 32.2. The first-order valence-corrected chi connectivity index (χ1v) is 11.6. The number of hydrogen-bond acceptors (Lipinski definition) is 3. The van der Waals surface area contributed by atoms with Crippen LogP contribution >= 0.6 is 11.3 Å². The second-order valence-electron chi connectivity index (χ2n) is 8.20. The minimum Gasteiger partial charge on any atom is -0.207 e. The molecule has 2 heterocycles. The van der Waals surface area contributed by atoms with Crippen LogP contribution in [0.15, 0.2) is 41.3 Å². The molecule has 5 heteroatoms. The van der Waals surface area contributed by atoms with E-state index in [0.717, 1.165) is 31.2 Å². The fraction of sp³-hybridized carbons (Fsp3) is 0.524. The van der Waals surface area contributed by atoms with Crippen LogP contribution in [0.5, 0.6) is 0 Å². The number of sulfonamides is 1. The van der Waals surface area contributed by atoms with E-state index in [0.29, 0.717) is 11.4 Å². The van der Waals surface area contributed by atoms with E-state index in [9.17, 15) is 8.42 Å². The molecule has 1 saturated heterocycles. The zero-order valence-electron chi connectivity index (χ0n) is 16.2. The van der Waals surface area contributed by atoms with Crippen LogP contribution < -0.4 is 0 Å². The summed E-state index contributed by atoms with van der Waals surface area (Å²) in [6, 6.07) is 11.6. The molecule has 1 atom stereocenters. The summed E-state index contributed by atoms with van der Waals surface area (Å²) in [5, 5.41) is 0. The van der Waals surface area contributed by atoms with Gasteiger partial charge in [-0.15, -0.1) is 11.3 Å². The van der Waals surface area contributed by atoms with Crippen LogP contribution in [-0.2, 0) is 15.4 Å². The molecule has 3 nitrogen and oxygen atoms in total. The third kappa shape index (κ3) is 4.05. The zero-order valence-corrected chi connectivity index (χ0v) is 17.8. The second-order valence-corrected chi connectivity index (χ2v) is 11.4. The van der Waals surface area contributed by atoms with E-state index in [1.165, 1.54) is 9.75 Å². The lowest BCUT2D eigenvalue weighted by molar-refractivity contribution is 0.333. The summed E-state index contributed by atoms with van der Waals surface area (Å²) in [5.74, 6) is 0. The summed E-state index contributed by atoms with van der Waals surface area (Å²) in [6.45, 7) is 9.10. The fourth-order valence-electron chi connectivity index (χ4n) is 3.55. The number of thiophene rings is 1. The predicted octanol–water partition coefficient (Wildman–Crippen LogP) is 5.66. The lowest BCUT2D eigenvalue weighted by Crippen LogP contribution is -2.34. The average molecular weight is 392 g/mol. The van der Waals surface area contributed by atoms with E-state index in [1.54, 1.807) is 27.8 Å². The molecule has 0 amide bonds. The van der Waals surface area contributed by atoms with Crippen molar-refractivity contribution < 1.29 is 8.42 Å². The van der Waals surface area contributed by atoms with Crippen LogP contribution in [0.1, 0.15) is 67.8 Å². The first-order valence-electron chi connectivity index (χ1n) is 9.38. The molecular formula is C21H29NO2S2. The van der Waals surface area contributed by atoms with Gasteiger partial charge in [-0.05, 0) is 55.0 Å². The highest BCUT2D eigenvalue weighted by Gasteiger charge is 2.34. The third-order valence-electron chi connectivity index (χ3n) is 5.12. The molecule has 0 radical (unpaired) electrons. The highest BCUT2D eigenvalue weighted by Crippen LogP contribution is 2.37. The zero-order chi connectivity index (χ0) is 18.9. The first-order chi connectivity index (χ1) is 12.2. The Morgan fingerprint density at radius 3 is 2.27 bits per heavy atom. The fourth-order valence-corrected chi connectivity index (χ4v) is 6.31. The minimum atomic E-state index is -3.50. The molecule has 0 spiro atoms. The molecule has 1 aromatic heterocycles. The van der Waals surface area contributed by atoms with Gasteiger partial charge in [-0.3, -0.25) is 0 Å². The Labute approximate surface area is 162 Å². The molecule has 2 aromatic rings. The van der Waals surface area contributed by atoms with Crippen molar-refractivity contribution in [3.8, 4) is 0 Å². The van der Waals surface area contributed by atoms with Gasteiger partial charge >= 0.3 is 0 Å². The minimum absolute atomic E-state index is 0.0158. The Hall–Kier alpha value is -1.17. The van der Waals surface area contributed by atoms with Crippen molar-refractivity contribution in [2.24, 2.45) is 0 Å². The number of benzene rings is 1. The van der Waals surface area contributed by atoms with Crippen molar-refractivity contribution in [1.82, 2.24) is 4.31 Å². The van der Waals surface area contributed by atoms with E-state index in [2.05, 4.69) is 39.8 Å². The van der Waals surface area contributed by atoms with Gasteiger partial charge in [-0.1, -0.05) is 45.7 Å². The summed E-state index contributed by atoms with van der Waals surface area (Å²) in [5.41, 5.74) is 1.17. The lowest BCUT2D eigenvalue weighted by Gasteiger charge is -2.29. The van der Waals surface area contributed by atoms with Gasteiger partial charge in [-0.2, -0.15) is 4.31 Å². The van der Waals surface area contributed by atoms with Crippen LogP contribution in [0.3, 0.4) is 0 Å². The molecule has 0 N–H and O–H groups in total. The van der Waals surface area contributed by atoms with Crippen molar-refractivity contribution in [3.05, 3.63) is 51.7 Å². The van der Waals surface area contributed by atoms with Crippen LogP contribution in [0.25, 0.3) is 0 Å². The molecule has 1 aromatic carbocycles. The van der Waals surface area contributed by atoms with Gasteiger partial charge < -0.3 is 0 Å². The summed E-state index contributed by atoms with van der Waals surface area (Å²) in [7, 11) is -3.50. The maximum absolute atomic E-state index is 13.4. The van der Waals surface area contributed by atoms with Crippen molar-refractivity contribution in [2.45, 2.75) is 69.7 Å². The van der Waals surface area contributed by atoms with Gasteiger partial charge in [-0.25, -0.2) is 8.42 Å². The van der Waals surface area contributed by atoms with Crippen molar-refractivity contribution in [2.75, 3.05) is 6.54 Å². The average Bonchev–Trinajstić information content (AvgIpc) is 2.86. The highest BCUT2D eigenvalue weighted by molar-refractivity contribution is 7.89. The second kappa shape index (κ2) is 7.45. The van der Waals surface area contributed by atoms with Crippen molar-refractivity contribution in [3.63, 3.8) is 0 Å². The van der Waals surface area contributed by atoms with Gasteiger partial charge in [0.2, 0.25) is 10.0 Å². The molecule has 0 saturated carbocycles. The van der Waals surface area contributed by atoms with Crippen LogP contribution in [0.4, 0.5) is 0 Å². The Bertz CT molecular complexity index is 845. The Balaban J connectivity index is 1.97. The van der Waals surface area contributed by atoms with Crippen LogP contribution in [0, 0.1) is 6.92 Å². The summed E-state index contributed by atoms with van der Waals surface area (Å²) < 4.78 is 28.6. The van der Waals surface area contributed by atoms with Crippen molar-refractivity contribution >= 4 is 21.4 Å². The van der Waals surface area contributed by atoms with Gasteiger partial charge in [0.1, 0.15) is 0 Å². The smallest absolute Gasteiger partial charge is 0.207 e. The summed E-state index contributed by atoms with van der Waals surface area (Å²) >= 11 is 1.72. The molecule has 0 unspecified atom stereocenters. The molecule has 1 aliphatic rings. The number of nitrogens with zero attached hydrogens (tertiary/aromatic N) is 1.